The molecule has 0 aliphatic rings. The Morgan fingerprint density at radius 1 is 1.00 bits per heavy atom. The molecule has 0 saturated heterocycles. The normalized spacial score (nSPS) is 11.9. The molecule has 150 valence electrons. The first-order valence-electron chi connectivity index (χ1n) is 9.45. The standard InChI is InChI=1S/C24H19FN2O3/c25-18-4-8-21(9-5-18)30-22-10-6-19(7-11-22)27-14-17(12-20(29)15-28)23-3-1-2-16(13-26)24(23)27/h1-11,14,20,28-29H,12,15H2. The van der Waals surface area contributed by atoms with E-state index in [0.717, 1.165) is 22.2 Å². The predicted molar refractivity (Wildman–Crippen MR) is 111 cm³/mol. The molecule has 1 aromatic heterocycles. The number of benzene rings is 3. The molecular weight excluding hydrogens is 383 g/mol. The van der Waals surface area contributed by atoms with Gasteiger partial charge in [0.15, 0.2) is 0 Å². The van der Waals surface area contributed by atoms with Crippen molar-refractivity contribution in [3.63, 3.8) is 0 Å². The number of nitriles is 1. The molecule has 0 aliphatic carbocycles. The molecule has 0 amide bonds. The SMILES string of the molecule is N#Cc1cccc2c(CC(O)CO)cn(-c3ccc(Oc4ccc(F)cc4)cc3)c12. The minimum Gasteiger partial charge on any atom is -0.457 e. The van der Waals surface area contributed by atoms with Gasteiger partial charge in [0, 0.05) is 23.7 Å². The van der Waals surface area contributed by atoms with Crippen molar-refractivity contribution >= 4 is 10.9 Å². The summed E-state index contributed by atoms with van der Waals surface area (Å²) in [6.07, 6.45) is 1.28. The van der Waals surface area contributed by atoms with E-state index in [1.165, 1.54) is 12.1 Å². The zero-order valence-corrected chi connectivity index (χ0v) is 16.0. The fraction of sp³-hybridized carbons (Fsp3) is 0.125. The fourth-order valence-corrected chi connectivity index (χ4v) is 3.44. The number of aromatic nitrogens is 1. The summed E-state index contributed by atoms with van der Waals surface area (Å²) in [5.41, 5.74) is 2.92. The number of aliphatic hydroxyl groups is 2. The third-order valence-corrected chi connectivity index (χ3v) is 4.86. The minimum absolute atomic E-state index is 0.278. The van der Waals surface area contributed by atoms with Crippen molar-refractivity contribution in [2.75, 3.05) is 6.61 Å². The number of ether oxygens (including phenoxy) is 1. The lowest BCUT2D eigenvalue weighted by Crippen LogP contribution is -2.14. The number of rotatable bonds is 6. The van der Waals surface area contributed by atoms with Gasteiger partial charge in [-0.1, -0.05) is 12.1 Å². The van der Waals surface area contributed by atoms with Crippen LogP contribution in [-0.4, -0.2) is 27.5 Å². The molecule has 6 heteroatoms. The second-order valence-electron chi connectivity index (χ2n) is 6.93. The van der Waals surface area contributed by atoms with Gasteiger partial charge in [-0.15, -0.1) is 0 Å². The van der Waals surface area contributed by atoms with Crippen LogP contribution in [0.3, 0.4) is 0 Å². The molecule has 0 aliphatic heterocycles. The van der Waals surface area contributed by atoms with Crippen molar-refractivity contribution in [3.8, 4) is 23.3 Å². The van der Waals surface area contributed by atoms with E-state index in [1.807, 2.05) is 29.0 Å². The van der Waals surface area contributed by atoms with Crippen molar-refractivity contribution in [1.82, 2.24) is 4.57 Å². The monoisotopic (exact) mass is 402 g/mol. The molecule has 4 aromatic rings. The topological polar surface area (TPSA) is 78.4 Å². The van der Waals surface area contributed by atoms with Gasteiger partial charge in [0.2, 0.25) is 0 Å². The number of nitrogens with zero attached hydrogens (tertiary/aromatic N) is 2. The van der Waals surface area contributed by atoms with Crippen LogP contribution in [0.5, 0.6) is 11.5 Å². The maximum atomic E-state index is 13.0. The van der Waals surface area contributed by atoms with Gasteiger partial charge in [-0.05, 0) is 60.2 Å². The van der Waals surface area contributed by atoms with Crippen molar-refractivity contribution in [3.05, 3.63) is 89.9 Å². The lowest BCUT2D eigenvalue weighted by Gasteiger charge is -2.09. The highest BCUT2D eigenvalue weighted by Crippen LogP contribution is 2.30. The summed E-state index contributed by atoms with van der Waals surface area (Å²) in [6, 6.07) is 20.8. The van der Waals surface area contributed by atoms with E-state index in [1.54, 1.807) is 36.4 Å². The Labute approximate surface area is 172 Å². The summed E-state index contributed by atoms with van der Waals surface area (Å²) in [6.45, 7) is -0.333. The number of halogens is 1. The Morgan fingerprint density at radius 3 is 2.30 bits per heavy atom. The molecular formula is C24H19FN2O3. The molecule has 0 spiro atoms. The van der Waals surface area contributed by atoms with Crippen molar-refractivity contribution in [1.29, 1.82) is 5.26 Å². The second-order valence-corrected chi connectivity index (χ2v) is 6.93. The first-order chi connectivity index (χ1) is 14.6. The van der Waals surface area contributed by atoms with Gasteiger partial charge in [0.1, 0.15) is 23.4 Å². The number of hydrogen-bond donors (Lipinski definition) is 2. The van der Waals surface area contributed by atoms with Crippen LogP contribution in [0.4, 0.5) is 4.39 Å². The molecule has 3 aromatic carbocycles. The van der Waals surface area contributed by atoms with E-state index >= 15 is 0 Å². The summed E-state index contributed by atoms with van der Waals surface area (Å²) in [4.78, 5) is 0. The van der Waals surface area contributed by atoms with Crippen LogP contribution < -0.4 is 4.74 Å². The Morgan fingerprint density at radius 2 is 1.67 bits per heavy atom. The van der Waals surface area contributed by atoms with E-state index in [0.29, 0.717) is 17.1 Å². The van der Waals surface area contributed by atoms with Crippen LogP contribution in [0.2, 0.25) is 0 Å². The molecule has 30 heavy (non-hydrogen) atoms. The van der Waals surface area contributed by atoms with Gasteiger partial charge in [-0.2, -0.15) is 5.26 Å². The molecule has 0 radical (unpaired) electrons. The van der Waals surface area contributed by atoms with Crippen molar-refractivity contribution < 1.29 is 19.3 Å². The zero-order valence-electron chi connectivity index (χ0n) is 16.0. The smallest absolute Gasteiger partial charge is 0.127 e. The molecule has 0 fully saturated rings. The van der Waals surface area contributed by atoms with Crippen LogP contribution in [0.15, 0.2) is 72.9 Å². The highest BCUT2D eigenvalue weighted by molar-refractivity contribution is 5.90. The lowest BCUT2D eigenvalue weighted by atomic mass is 10.1. The quantitative estimate of drug-likeness (QED) is 0.503. The van der Waals surface area contributed by atoms with Crippen LogP contribution in [-0.2, 0) is 6.42 Å². The molecule has 1 unspecified atom stereocenters. The van der Waals surface area contributed by atoms with Gasteiger partial charge in [-0.3, -0.25) is 0 Å². The summed E-state index contributed by atoms with van der Waals surface area (Å²) in [5.74, 6) is 0.800. The highest BCUT2D eigenvalue weighted by atomic mass is 19.1. The molecule has 2 N–H and O–H groups in total. The second kappa shape index (κ2) is 8.37. The van der Waals surface area contributed by atoms with Crippen LogP contribution in [0, 0.1) is 17.1 Å². The third-order valence-electron chi connectivity index (χ3n) is 4.86. The van der Waals surface area contributed by atoms with Crippen LogP contribution in [0.25, 0.3) is 16.6 Å². The maximum Gasteiger partial charge on any atom is 0.127 e. The van der Waals surface area contributed by atoms with Gasteiger partial charge in [0.25, 0.3) is 0 Å². The van der Waals surface area contributed by atoms with Gasteiger partial charge < -0.3 is 19.5 Å². The summed E-state index contributed by atoms with van der Waals surface area (Å²) in [7, 11) is 0. The molecule has 0 bridgehead atoms. The zero-order chi connectivity index (χ0) is 21.1. The van der Waals surface area contributed by atoms with Crippen molar-refractivity contribution in [2.24, 2.45) is 0 Å². The molecule has 4 rings (SSSR count). The number of aliphatic hydroxyl groups excluding tert-OH is 2. The molecule has 0 saturated carbocycles. The minimum atomic E-state index is -0.874. The number of para-hydroxylation sites is 1. The highest BCUT2D eigenvalue weighted by Gasteiger charge is 2.16. The first-order valence-corrected chi connectivity index (χ1v) is 9.45. The summed E-state index contributed by atoms with van der Waals surface area (Å²) in [5, 5.41) is 29.5. The number of hydrogen-bond acceptors (Lipinski definition) is 4. The maximum absolute atomic E-state index is 13.0. The summed E-state index contributed by atoms with van der Waals surface area (Å²) < 4.78 is 20.7. The van der Waals surface area contributed by atoms with E-state index in [9.17, 15) is 19.9 Å². The van der Waals surface area contributed by atoms with Crippen molar-refractivity contribution in [2.45, 2.75) is 12.5 Å². The molecule has 5 nitrogen and oxygen atoms in total. The largest absolute Gasteiger partial charge is 0.457 e. The van der Waals surface area contributed by atoms with E-state index in [-0.39, 0.29) is 18.8 Å². The van der Waals surface area contributed by atoms with E-state index < -0.39 is 6.10 Å². The van der Waals surface area contributed by atoms with Crippen LogP contribution in [0.1, 0.15) is 11.1 Å². The van der Waals surface area contributed by atoms with Crippen LogP contribution >= 0.6 is 0 Å². The molecule has 1 atom stereocenters. The average molecular weight is 402 g/mol. The Kier molecular flexibility index (Phi) is 5.48. The van der Waals surface area contributed by atoms with Gasteiger partial charge >= 0.3 is 0 Å². The van der Waals surface area contributed by atoms with E-state index in [4.69, 9.17) is 4.74 Å². The Hall–Kier alpha value is -3.66. The molecule has 1 heterocycles. The predicted octanol–water partition coefficient (Wildman–Crippen LogP) is 4.33. The third kappa shape index (κ3) is 3.90. The average Bonchev–Trinajstić information content (AvgIpc) is 3.14. The summed E-state index contributed by atoms with van der Waals surface area (Å²) >= 11 is 0. The van der Waals surface area contributed by atoms with Gasteiger partial charge in [0.05, 0.1) is 23.8 Å². The van der Waals surface area contributed by atoms with Gasteiger partial charge in [-0.25, -0.2) is 4.39 Å². The fourth-order valence-electron chi connectivity index (χ4n) is 3.44. The Balaban J connectivity index is 1.71. The first kappa shape index (κ1) is 19.6. The number of fused-ring (bicyclic) bond motifs is 1. The lowest BCUT2D eigenvalue weighted by molar-refractivity contribution is 0.0957. The Bertz CT molecular complexity index is 1210. The van der Waals surface area contributed by atoms with E-state index in [2.05, 4.69) is 6.07 Å².